The van der Waals surface area contributed by atoms with Gasteiger partial charge in [-0.1, -0.05) is 120 Å². The van der Waals surface area contributed by atoms with Gasteiger partial charge in [-0.2, -0.15) is 0 Å². The lowest BCUT2D eigenvalue weighted by atomic mass is 9.61. The van der Waals surface area contributed by atoms with Crippen molar-refractivity contribution in [1.82, 2.24) is 15.6 Å². The largest absolute Gasteiger partial charge is 0.504 e. The van der Waals surface area contributed by atoms with Crippen LogP contribution < -0.4 is 20.7 Å². The molecule has 430 valence electrons. The number of aromatic nitrogens is 1. The lowest BCUT2D eigenvalue weighted by molar-refractivity contribution is -0.142. The van der Waals surface area contributed by atoms with Crippen LogP contribution in [-0.4, -0.2) is 82.0 Å². The number of phenols is 1. The minimum atomic E-state index is -1.83. The van der Waals surface area contributed by atoms with Crippen LogP contribution in [-0.2, 0) is 34.3 Å². The molecule has 2 saturated carbocycles. The van der Waals surface area contributed by atoms with E-state index >= 15 is 4.79 Å². The number of H-pyrrole nitrogens is 1. The van der Waals surface area contributed by atoms with Crippen molar-refractivity contribution in [3.63, 3.8) is 0 Å². The molecule has 10 rings (SSSR count). The number of carbonyl (C=O) groups excluding carboxylic acids is 2. The van der Waals surface area contributed by atoms with E-state index in [-0.39, 0.29) is 48.0 Å². The Kier molecular flexibility index (Phi) is 18.6. The van der Waals surface area contributed by atoms with Crippen molar-refractivity contribution in [2.24, 2.45) is 35.5 Å². The van der Waals surface area contributed by atoms with Crippen LogP contribution in [0.4, 0.5) is 5.69 Å². The van der Waals surface area contributed by atoms with Gasteiger partial charge in [-0.15, -0.1) is 0 Å². The number of aromatic hydroxyl groups is 1. The molecule has 10 atom stereocenters. The molecule has 5 aliphatic rings. The van der Waals surface area contributed by atoms with Crippen LogP contribution in [0.2, 0.25) is 0 Å². The molecule has 2 aliphatic heterocycles. The number of aliphatic hydroxyl groups excluding tert-OH is 3. The number of β-amino-alcohol motifs (C(OH)–C–C–N with tert-alkyl or cyclic N) is 1. The number of phenolic OH excluding ortho intramolecular Hbond substituents is 1. The molecular formula is C70H88N4O7. The molecule has 1 aromatic heterocycles. The average molecular weight is 1100 g/mol. The van der Waals surface area contributed by atoms with E-state index in [9.17, 15) is 25.2 Å². The number of anilines is 1. The van der Waals surface area contributed by atoms with Crippen molar-refractivity contribution in [2.75, 3.05) is 32.1 Å². The Balaban J connectivity index is 1.11. The molecule has 0 radical (unpaired) electrons. The Morgan fingerprint density at radius 2 is 1.67 bits per heavy atom. The summed E-state index contributed by atoms with van der Waals surface area (Å²) in [7, 11) is 1.51. The number of ketones is 2. The van der Waals surface area contributed by atoms with Gasteiger partial charge in [0, 0.05) is 60.9 Å². The Morgan fingerprint density at radius 3 is 2.47 bits per heavy atom. The molecule has 3 heterocycles. The van der Waals surface area contributed by atoms with E-state index < -0.39 is 53.0 Å². The van der Waals surface area contributed by atoms with E-state index in [4.69, 9.17) is 4.74 Å². The second-order valence-corrected chi connectivity index (χ2v) is 25.2. The molecule has 11 nitrogen and oxygen atoms in total. The third-order valence-corrected chi connectivity index (χ3v) is 19.1. The number of aliphatic hydroxyl groups is 3. The normalized spacial score (nSPS) is 27.6. The lowest BCUT2D eigenvalue weighted by Crippen LogP contribution is -2.48. The molecule has 9 bridgehead atoms. The first kappa shape index (κ1) is 58.1. The molecule has 1 spiro atoms. The minimum Gasteiger partial charge on any atom is -0.504 e. The summed E-state index contributed by atoms with van der Waals surface area (Å²) in [6.45, 7) is 10.6. The maximum atomic E-state index is 15.4. The number of aromatic amines is 1. The summed E-state index contributed by atoms with van der Waals surface area (Å²) in [5, 5.41) is 61.6. The molecule has 0 saturated heterocycles. The van der Waals surface area contributed by atoms with Gasteiger partial charge in [0.2, 0.25) is 0 Å². The van der Waals surface area contributed by atoms with E-state index in [2.05, 4.69) is 139 Å². The maximum absolute atomic E-state index is 15.4. The van der Waals surface area contributed by atoms with Gasteiger partial charge in [-0.3, -0.25) is 9.59 Å². The van der Waals surface area contributed by atoms with Crippen LogP contribution in [0.1, 0.15) is 162 Å². The fourth-order valence-electron chi connectivity index (χ4n) is 14.7. The summed E-state index contributed by atoms with van der Waals surface area (Å²) in [6, 6.07) is 27.1. The van der Waals surface area contributed by atoms with Crippen molar-refractivity contribution < 1.29 is 34.8 Å². The molecule has 4 aromatic carbocycles. The monoisotopic (exact) mass is 1100 g/mol. The van der Waals surface area contributed by atoms with Crippen molar-refractivity contribution in [3.8, 4) is 23.3 Å². The van der Waals surface area contributed by atoms with Gasteiger partial charge in [0.05, 0.1) is 25.2 Å². The number of fused-ring (bicyclic) bond motifs is 10. The highest BCUT2D eigenvalue weighted by Gasteiger charge is 2.50. The topological polar surface area (TPSA) is 176 Å². The minimum absolute atomic E-state index is 0.0161. The van der Waals surface area contributed by atoms with Crippen LogP contribution >= 0.6 is 0 Å². The number of hydrogen-bond acceptors (Lipinski definition) is 10. The third kappa shape index (κ3) is 13.2. The van der Waals surface area contributed by atoms with E-state index in [0.717, 1.165) is 126 Å². The number of dihydropyridines is 1. The first-order valence-electron chi connectivity index (χ1n) is 30.6. The predicted octanol–water partition coefficient (Wildman–Crippen LogP) is 11.9. The molecule has 5 aromatic rings. The summed E-state index contributed by atoms with van der Waals surface area (Å²) in [4.78, 5) is 33.6. The predicted molar refractivity (Wildman–Crippen MR) is 323 cm³/mol. The molecule has 10 unspecified atom stereocenters. The van der Waals surface area contributed by atoms with Crippen molar-refractivity contribution in [2.45, 2.75) is 166 Å². The standard InChI is InChI=1S/C70H88N4O7/c1-6-12-58-53-32-47(31-50-20-23-59(57-14-9-8-13-49(57)17-15-43(2)3)60-39-63(77)64(81-5)37-51(60)21-24-62(76)68(79)67(78)61(50)36-53)29-46-25-28-72-66(34-46)74-55-22-19-48-18-16-45(30-52(48)35-55)33-56(75)42-71-40-44(4)54-38-65(73-41-54)70(69(58)80)26-10-7-11-27-70/h8-9,13-14,16,18-19,22,25,30,34-35,37-39,41,43-44,47,50,53,56,58-59,61,68-69,71-75,77,79-80H,6-7,10-12,15,17,21,24,26-29,31-33,36,40,42H2,1-5H3. The summed E-state index contributed by atoms with van der Waals surface area (Å²) < 4.78 is 5.63. The summed E-state index contributed by atoms with van der Waals surface area (Å²) in [6.07, 6.45) is 14.7. The number of nitrogens with one attached hydrogen (secondary N) is 4. The van der Waals surface area contributed by atoms with Crippen LogP contribution in [0.3, 0.4) is 0 Å². The summed E-state index contributed by atoms with van der Waals surface area (Å²) >= 11 is 0. The van der Waals surface area contributed by atoms with Gasteiger partial charge in [-0.25, -0.2) is 0 Å². The molecule has 3 aliphatic carbocycles. The number of ether oxygens (including phenoxy) is 1. The first-order valence-corrected chi connectivity index (χ1v) is 30.6. The average Bonchev–Trinajstić information content (AvgIpc) is 4.09. The van der Waals surface area contributed by atoms with Gasteiger partial charge in [-0.05, 0) is 186 Å². The summed E-state index contributed by atoms with van der Waals surface area (Å²) in [5.74, 6) is 6.26. The van der Waals surface area contributed by atoms with Crippen LogP contribution in [0.25, 0.3) is 10.8 Å². The number of aryl methyl sites for hydroxylation is 2. The zero-order valence-corrected chi connectivity index (χ0v) is 48.5. The second kappa shape index (κ2) is 26.0. The highest BCUT2D eigenvalue weighted by molar-refractivity contribution is 6.06. The van der Waals surface area contributed by atoms with E-state index in [1.807, 2.05) is 6.07 Å². The van der Waals surface area contributed by atoms with Crippen molar-refractivity contribution in [3.05, 3.63) is 148 Å². The van der Waals surface area contributed by atoms with E-state index in [1.54, 1.807) is 12.1 Å². The lowest BCUT2D eigenvalue weighted by Gasteiger charge is -2.46. The van der Waals surface area contributed by atoms with Crippen LogP contribution in [0.15, 0.2) is 109 Å². The molecule has 2 fully saturated rings. The van der Waals surface area contributed by atoms with E-state index in [0.29, 0.717) is 51.2 Å². The van der Waals surface area contributed by atoms with E-state index in [1.165, 1.54) is 12.7 Å². The molecule has 81 heavy (non-hydrogen) atoms. The fourth-order valence-corrected chi connectivity index (χ4v) is 14.7. The zero-order valence-electron chi connectivity index (χ0n) is 48.5. The fraction of sp³-hybridized carbons (Fsp3) is 0.514. The first-order chi connectivity index (χ1) is 39.2. The number of allylic oxidation sites excluding steroid dienone is 2. The number of carbonyl (C=O) groups is 2. The molecule has 0 amide bonds. The number of Topliss-reactive ketones (excluding diaryl/α,β-unsaturated/α-hetero) is 2. The molecular weight excluding hydrogens is 1010 g/mol. The van der Waals surface area contributed by atoms with Gasteiger partial charge < -0.3 is 46.1 Å². The molecule has 8 N–H and O–H groups in total. The zero-order chi connectivity index (χ0) is 56.8. The number of hydrogen-bond donors (Lipinski definition) is 8. The Bertz CT molecular complexity index is 3150. The third-order valence-electron chi connectivity index (χ3n) is 19.1. The number of benzene rings is 4. The van der Waals surface area contributed by atoms with Gasteiger partial charge in [0.25, 0.3) is 0 Å². The second-order valence-electron chi connectivity index (χ2n) is 25.2. The number of methoxy groups -OCH3 is 1. The Morgan fingerprint density at radius 1 is 0.852 bits per heavy atom. The van der Waals surface area contributed by atoms with Gasteiger partial charge >= 0.3 is 0 Å². The van der Waals surface area contributed by atoms with Crippen molar-refractivity contribution in [1.29, 1.82) is 0 Å². The summed E-state index contributed by atoms with van der Waals surface area (Å²) in [5.41, 5.74) is 8.63. The Labute approximate surface area is 480 Å². The molecule has 11 heteroatoms. The highest BCUT2D eigenvalue weighted by Crippen LogP contribution is 2.51. The smallest absolute Gasteiger partial charge is 0.173 e. The maximum Gasteiger partial charge on any atom is 0.173 e. The van der Waals surface area contributed by atoms with Crippen molar-refractivity contribution >= 4 is 28.0 Å². The van der Waals surface area contributed by atoms with Crippen LogP contribution in [0, 0.1) is 47.3 Å². The van der Waals surface area contributed by atoms with Gasteiger partial charge in [0.1, 0.15) is 5.82 Å². The SMILES string of the molecule is CCCC1C2CC(CC3=CCNC(=C3)Nc3ccc4ccc(cc4c3)CC(O)CNCC(C)c3c[nH]c(c3)C3(CCCCC3)C1O)CC1C#CC(c3ccccc3CCC(C)C)c3cc(O)c(OC)cc3CCC(=O)C(O)C(=O)C1C2. The quantitative estimate of drug-likeness (QED) is 0.0578. The van der Waals surface area contributed by atoms with Crippen LogP contribution in [0.5, 0.6) is 11.5 Å². The Hall–Kier alpha value is -6.16. The number of rotatable bonds is 7. The highest BCUT2D eigenvalue weighted by atomic mass is 16.5. The van der Waals surface area contributed by atoms with Gasteiger partial charge in [0.15, 0.2) is 29.2 Å².